The summed E-state index contributed by atoms with van der Waals surface area (Å²) in [7, 11) is 4.58. The molecule has 0 spiro atoms. The molecule has 1 amide bonds. The Morgan fingerprint density at radius 3 is 2.61 bits per heavy atom. The van der Waals surface area contributed by atoms with Crippen LogP contribution in [0.5, 0.6) is 11.5 Å². The van der Waals surface area contributed by atoms with Gasteiger partial charge in [-0.1, -0.05) is 0 Å². The Labute approximate surface area is 105 Å². The summed E-state index contributed by atoms with van der Waals surface area (Å²) < 4.78 is 10.5. The van der Waals surface area contributed by atoms with E-state index in [0.717, 1.165) is 0 Å². The first-order valence-corrected chi connectivity index (χ1v) is 5.63. The molecule has 0 radical (unpaired) electrons. The lowest BCUT2D eigenvalue weighted by molar-refractivity contribution is -0.121. The summed E-state index contributed by atoms with van der Waals surface area (Å²) in [6.45, 7) is 0. The highest BCUT2D eigenvalue weighted by molar-refractivity contribution is 6.07. The van der Waals surface area contributed by atoms with Crippen LogP contribution in [-0.4, -0.2) is 33.0 Å². The summed E-state index contributed by atoms with van der Waals surface area (Å²) in [6.07, 6.45) is 0.179. The molecular weight excluding hydrogens is 234 g/mol. The fourth-order valence-corrected chi connectivity index (χ4v) is 2.34. The maximum atomic E-state index is 11.9. The van der Waals surface area contributed by atoms with Crippen LogP contribution in [0.1, 0.15) is 28.3 Å². The third kappa shape index (κ3) is 1.72. The first-order valence-electron chi connectivity index (χ1n) is 5.63. The summed E-state index contributed by atoms with van der Waals surface area (Å²) in [5.74, 6) is 0.269. The van der Waals surface area contributed by atoms with E-state index in [0.29, 0.717) is 22.6 Å². The van der Waals surface area contributed by atoms with Crippen molar-refractivity contribution in [2.24, 2.45) is 0 Å². The molecule has 0 heterocycles. The van der Waals surface area contributed by atoms with Crippen molar-refractivity contribution in [3.05, 3.63) is 23.3 Å². The number of ether oxygens (including phenoxy) is 2. The van der Waals surface area contributed by atoms with E-state index in [1.165, 1.54) is 14.2 Å². The molecule has 2 rings (SSSR count). The summed E-state index contributed by atoms with van der Waals surface area (Å²) >= 11 is 0. The number of nitrogens with one attached hydrogen (secondary N) is 1. The molecule has 0 aliphatic heterocycles. The van der Waals surface area contributed by atoms with Crippen LogP contribution in [0.2, 0.25) is 0 Å². The molecule has 0 fully saturated rings. The molecule has 5 heteroatoms. The van der Waals surface area contributed by atoms with Gasteiger partial charge in [0.05, 0.1) is 20.1 Å². The van der Waals surface area contributed by atoms with Crippen LogP contribution in [0.3, 0.4) is 0 Å². The summed E-state index contributed by atoms with van der Waals surface area (Å²) in [5.41, 5.74) is 1.17. The zero-order valence-corrected chi connectivity index (χ0v) is 10.6. The van der Waals surface area contributed by atoms with E-state index in [9.17, 15) is 9.59 Å². The van der Waals surface area contributed by atoms with E-state index in [-0.39, 0.29) is 18.1 Å². The van der Waals surface area contributed by atoms with Gasteiger partial charge in [-0.05, 0) is 12.1 Å². The lowest BCUT2D eigenvalue weighted by atomic mass is 9.99. The Hall–Kier alpha value is -2.04. The number of methoxy groups -OCH3 is 2. The van der Waals surface area contributed by atoms with E-state index < -0.39 is 5.92 Å². The van der Waals surface area contributed by atoms with Crippen molar-refractivity contribution in [2.45, 2.75) is 12.3 Å². The van der Waals surface area contributed by atoms with Crippen LogP contribution in [0.15, 0.2) is 12.1 Å². The smallest absolute Gasteiger partial charge is 0.227 e. The van der Waals surface area contributed by atoms with Gasteiger partial charge in [0, 0.05) is 24.6 Å². The van der Waals surface area contributed by atoms with Crippen LogP contribution in [0.4, 0.5) is 0 Å². The molecule has 1 unspecified atom stereocenters. The van der Waals surface area contributed by atoms with E-state index in [1.807, 2.05) is 0 Å². The van der Waals surface area contributed by atoms with Gasteiger partial charge in [-0.15, -0.1) is 0 Å². The molecule has 0 aromatic heterocycles. The van der Waals surface area contributed by atoms with Crippen LogP contribution in [-0.2, 0) is 4.79 Å². The van der Waals surface area contributed by atoms with Gasteiger partial charge in [-0.2, -0.15) is 0 Å². The van der Waals surface area contributed by atoms with Crippen molar-refractivity contribution in [1.29, 1.82) is 0 Å². The minimum absolute atomic E-state index is 0.0421. The zero-order chi connectivity index (χ0) is 13.3. The Morgan fingerprint density at radius 1 is 1.33 bits per heavy atom. The molecule has 1 aliphatic carbocycles. The highest BCUT2D eigenvalue weighted by atomic mass is 16.5. The lowest BCUT2D eigenvalue weighted by Gasteiger charge is -2.15. The van der Waals surface area contributed by atoms with Crippen LogP contribution in [0, 0.1) is 0 Å². The topological polar surface area (TPSA) is 64.6 Å². The largest absolute Gasteiger partial charge is 0.493 e. The molecule has 1 aromatic carbocycles. The summed E-state index contributed by atoms with van der Waals surface area (Å²) in [6, 6.07) is 3.36. The number of rotatable bonds is 3. The molecule has 1 atom stereocenters. The van der Waals surface area contributed by atoms with Crippen LogP contribution >= 0.6 is 0 Å². The van der Waals surface area contributed by atoms with Gasteiger partial charge >= 0.3 is 0 Å². The Morgan fingerprint density at radius 2 is 2.06 bits per heavy atom. The molecule has 0 saturated heterocycles. The minimum atomic E-state index is -0.498. The van der Waals surface area contributed by atoms with Crippen molar-refractivity contribution < 1.29 is 19.1 Å². The van der Waals surface area contributed by atoms with E-state index in [2.05, 4.69) is 5.32 Å². The van der Waals surface area contributed by atoms with Gasteiger partial charge < -0.3 is 14.8 Å². The quantitative estimate of drug-likeness (QED) is 0.871. The maximum absolute atomic E-state index is 11.9. The first-order chi connectivity index (χ1) is 8.63. The average molecular weight is 249 g/mol. The normalized spacial score (nSPS) is 17.3. The Bertz CT molecular complexity index is 510. The maximum Gasteiger partial charge on any atom is 0.227 e. The molecule has 96 valence electrons. The number of ketones is 1. The molecule has 1 aromatic rings. The molecule has 0 bridgehead atoms. The van der Waals surface area contributed by atoms with Crippen molar-refractivity contribution in [3.63, 3.8) is 0 Å². The van der Waals surface area contributed by atoms with Gasteiger partial charge in [0.25, 0.3) is 0 Å². The monoisotopic (exact) mass is 249 g/mol. The predicted molar refractivity (Wildman–Crippen MR) is 65.3 cm³/mol. The third-order valence-electron chi connectivity index (χ3n) is 3.19. The molecule has 1 N–H and O–H groups in total. The van der Waals surface area contributed by atoms with E-state index in [4.69, 9.17) is 9.47 Å². The number of hydrogen-bond acceptors (Lipinski definition) is 4. The number of hydrogen-bond donors (Lipinski definition) is 1. The average Bonchev–Trinajstić information content (AvgIpc) is 2.74. The molecule has 5 nitrogen and oxygen atoms in total. The van der Waals surface area contributed by atoms with Crippen LogP contribution < -0.4 is 14.8 Å². The van der Waals surface area contributed by atoms with Gasteiger partial charge in [0.1, 0.15) is 0 Å². The van der Waals surface area contributed by atoms with Gasteiger partial charge in [0.15, 0.2) is 17.3 Å². The standard InChI is InChI=1S/C13H15NO4/c1-14-13(16)8-6-9(15)7-4-5-10(17-2)12(18-3)11(7)8/h4-5,8H,6H2,1-3H3,(H,14,16). The molecule has 1 aliphatic rings. The number of fused-ring (bicyclic) bond motifs is 1. The molecule has 0 saturated carbocycles. The van der Waals surface area contributed by atoms with Gasteiger partial charge in [0.2, 0.25) is 5.91 Å². The lowest BCUT2D eigenvalue weighted by Crippen LogP contribution is -2.24. The summed E-state index contributed by atoms with van der Waals surface area (Å²) in [4.78, 5) is 23.7. The number of likely N-dealkylation sites (N-methyl/N-ethyl adjacent to an activating group) is 1. The zero-order valence-electron chi connectivity index (χ0n) is 10.6. The number of carbonyl (C=O) groups excluding carboxylic acids is 2. The van der Waals surface area contributed by atoms with Gasteiger partial charge in [-0.3, -0.25) is 9.59 Å². The van der Waals surface area contributed by atoms with Crippen molar-refractivity contribution in [3.8, 4) is 11.5 Å². The number of amides is 1. The van der Waals surface area contributed by atoms with Crippen molar-refractivity contribution >= 4 is 11.7 Å². The van der Waals surface area contributed by atoms with Crippen LogP contribution in [0.25, 0.3) is 0 Å². The Kier molecular flexibility index (Phi) is 3.23. The highest BCUT2D eigenvalue weighted by Gasteiger charge is 2.37. The van der Waals surface area contributed by atoms with E-state index >= 15 is 0 Å². The second-order valence-electron chi connectivity index (χ2n) is 4.06. The fourth-order valence-electron chi connectivity index (χ4n) is 2.34. The number of benzene rings is 1. The molecular formula is C13H15NO4. The van der Waals surface area contributed by atoms with Crippen molar-refractivity contribution in [2.75, 3.05) is 21.3 Å². The Balaban J connectivity index is 2.61. The number of Topliss-reactive ketones (excluding diaryl/α,β-unsaturated/α-hetero) is 1. The SMILES string of the molecule is CNC(=O)C1CC(=O)c2ccc(OC)c(OC)c21. The van der Waals surface area contributed by atoms with Gasteiger partial charge in [-0.25, -0.2) is 0 Å². The first kappa shape index (κ1) is 12.4. The fraction of sp³-hybridized carbons (Fsp3) is 0.385. The second-order valence-corrected chi connectivity index (χ2v) is 4.06. The second kappa shape index (κ2) is 4.68. The minimum Gasteiger partial charge on any atom is -0.493 e. The third-order valence-corrected chi connectivity index (χ3v) is 3.19. The summed E-state index contributed by atoms with van der Waals surface area (Å²) in [5, 5.41) is 2.57. The number of carbonyl (C=O) groups is 2. The highest BCUT2D eigenvalue weighted by Crippen LogP contribution is 2.44. The van der Waals surface area contributed by atoms with Crippen molar-refractivity contribution in [1.82, 2.24) is 5.32 Å². The van der Waals surface area contributed by atoms with E-state index in [1.54, 1.807) is 19.2 Å². The predicted octanol–water partition coefficient (Wildman–Crippen LogP) is 1.12. The molecule has 18 heavy (non-hydrogen) atoms.